The molecule has 0 aliphatic carbocycles. The highest BCUT2D eigenvalue weighted by molar-refractivity contribution is 6.30. The summed E-state index contributed by atoms with van der Waals surface area (Å²) in [6.45, 7) is 1.81. The van der Waals surface area contributed by atoms with Crippen LogP contribution in [0, 0.1) is 17.1 Å². The third-order valence-electron chi connectivity index (χ3n) is 2.98. The predicted molar refractivity (Wildman–Crippen MR) is 79.2 cm³/mol. The predicted octanol–water partition coefficient (Wildman–Crippen LogP) is 4.42. The maximum absolute atomic E-state index is 12.9. The second-order valence-electron chi connectivity index (χ2n) is 4.88. The summed E-state index contributed by atoms with van der Waals surface area (Å²) in [4.78, 5) is 0. The van der Waals surface area contributed by atoms with Gasteiger partial charge in [0.1, 0.15) is 11.4 Å². The zero-order chi connectivity index (χ0) is 14.6. The molecule has 2 nitrogen and oxygen atoms in total. The number of benzene rings is 2. The normalized spacial score (nSPS) is 13.3. The van der Waals surface area contributed by atoms with E-state index in [1.807, 2.05) is 19.1 Å². The van der Waals surface area contributed by atoms with Crippen molar-refractivity contribution in [2.24, 2.45) is 0 Å². The Morgan fingerprint density at radius 3 is 2.30 bits per heavy atom. The van der Waals surface area contributed by atoms with Gasteiger partial charge in [-0.1, -0.05) is 23.7 Å². The van der Waals surface area contributed by atoms with Gasteiger partial charge in [-0.3, -0.25) is 0 Å². The lowest BCUT2D eigenvalue weighted by Gasteiger charge is -2.24. The average molecular weight is 289 g/mol. The van der Waals surface area contributed by atoms with Crippen LogP contribution in [-0.2, 0) is 6.42 Å². The van der Waals surface area contributed by atoms with Crippen LogP contribution in [0.5, 0.6) is 0 Å². The lowest BCUT2D eigenvalue weighted by molar-refractivity contribution is 0.625. The van der Waals surface area contributed by atoms with Gasteiger partial charge in [-0.15, -0.1) is 0 Å². The van der Waals surface area contributed by atoms with E-state index in [-0.39, 0.29) is 5.82 Å². The second kappa shape index (κ2) is 5.94. The molecule has 4 heteroatoms. The molecule has 0 aliphatic rings. The molecular weight excluding hydrogens is 275 g/mol. The number of nitrogens with one attached hydrogen (secondary N) is 1. The third kappa shape index (κ3) is 3.72. The van der Waals surface area contributed by atoms with E-state index >= 15 is 0 Å². The number of hydrogen-bond donors (Lipinski definition) is 1. The van der Waals surface area contributed by atoms with Gasteiger partial charge >= 0.3 is 0 Å². The molecule has 0 spiro atoms. The Morgan fingerprint density at radius 2 is 1.75 bits per heavy atom. The summed E-state index contributed by atoms with van der Waals surface area (Å²) in [5.41, 5.74) is 0.948. The lowest BCUT2D eigenvalue weighted by Crippen LogP contribution is -2.35. The van der Waals surface area contributed by atoms with E-state index in [4.69, 9.17) is 11.6 Å². The molecule has 0 radical (unpaired) electrons. The maximum atomic E-state index is 12.9. The Hall–Kier alpha value is -2.05. The van der Waals surface area contributed by atoms with E-state index in [0.29, 0.717) is 17.1 Å². The van der Waals surface area contributed by atoms with Gasteiger partial charge in [-0.25, -0.2) is 4.39 Å². The molecule has 0 bridgehead atoms. The standard InChI is InChI=1S/C16H14ClFN2/c1-16(11-19,10-12-2-4-13(17)5-3-12)20-15-8-6-14(18)7-9-15/h2-9,20H,10H2,1H3. The topological polar surface area (TPSA) is 35.8 Å². The second-order valence-corrected chi connectivity index (χ2v) is 5.32. The Bertz CT molecular complexity index is 567. The summed E-state index contributed by atoms with van der Waals surface area (Å²) < 4.78 is 12.9. The van der Waals surface area contributed by atoms with Crippen LogP contribution in [0.15, 0.2) is 48.5 Å². The van der Waals surface area contributed by atoms with E-state index in [0.717, 1.165) is 5.56 Å². The van der Waals surface area contributed by atoms with Gasteiger partial charge in [-0.2, -0.15) is 5.26 Å². The van der Waals surface area contributed by atoms with Crippen molar-refractivity contribution in [1.82, 2.24) is 0 Å². The molecule has 2 rings (SSSR count). The molecule has 2 aromatic carbocycles. The molecule has 0 aliphatic heterocycles. The van der Waals surface area contributed by atoms with E-state index in [1.54, 1.807) is 24.3 Å². The molecule has 102 valence electrons. The molecule has 0 fully saturated rings. The average Bonchev–Trinajstić information content (AvgIpc) is 2.44. The van der Waals surface area contributed by atoms with Crippen LogP contribution >= 0.6 is 11.6 Å². The highest BCUT2D eigenvalue weighted by Crippen LogP contribution is 2.21. The summed E-state index contributed by atoms with van der Waals surface area (Å²) >= 11 is 5.85. The van der Waals surface area contributed by atoms with Gasteiger partial charge in [-0.05, 0) is 48.9 Å². The molecule has 2 aromatic rings. The van der Waals surface area contributed by atoms with Gasteiger partial charge in [0.2, 0.25) is 0 Å². The Labute approximate surface area is 122 Å². The first-order valence-electron chi connectivity index (χ1n) is 6.20. The maximum Gasteiger partial charge on any atom is 0.126 e. The van der Waals surface area contributed by atoms with Crippen molar-refractivity contribution < 1.29 is 4.39 Å². The van der Waals surface area contributed by atoms with E-state index in [2.05, 4.69) is 11.4 Å². The van der Waals surface area contributed by atoms with Crippen molar-refractivity contribution in [1.29, 1.82) is 5.26 Å². The van der Waals surface area contributed by atoms with Gasteiger partial charge < -0.3 is 5.32 Å². The number of anilines is 1. The van der Waals surface area contributed by atoms with Crippen LogP contribution in [0.3, 0.4) is 0 Å². The van der Waals surface area contributed by atoms with Gasteiger partial charge in [0.05, 0.1) is 6.07 Å². The van der Waals surface area contributed by atoms with Crippen molar-refractivity contribution in [3.05, 3.63) is 64.9 Å². The summed E-state index contributed by atoms with van der Waals surface area (Å²) in [6.07, 6.45) is 0.526. The summed E-state index contributed by atoms with van der Waals surface area (Å²) in [7, 11) is 0. The Morgan fingerprint density at radius 1 is 1.15 bits per heavy atom. The molecular formula is C16H14ClFN2. The van der Waals surface area contributed by atoms with Crippen LogP contribution in [0.1, 0.15) is 12.5 Å². The largest absolute Gasteiger partial charge is 0.367 e. The summed E-state index contributed by atoms with van der Waals surface area (Å²) in [5, 5.41) is 13.2. The van der Waals surface area contributed by atoms with Crippen molar-refractivity contribution in [2.75, 3.05) is 5.32 Å². The lowest BCUT2D eigenvalue weighted by atomic mass is 9.94. The first-order valence-corrected chi connectivity index (χ1v) is 6.58. The molecule has 0 saturated carbocycles. The molecule has 0 amide bonds. The molecule has 20 heavy (non-hydrogen) atoms. The SMILES string of the molecule is CC(C#N)(Cc1ccc(Cl)cc1)Nc1ccc(F)cc1. The summed E-state index contributed by atoms with van der Waals surface area (Å²) in [5.74, 6) is -0.299. The highest BCUT2D eigenvalue weighted by Gasteiger charge is 2.24. The molecule has 1 unspecified atom stereocenters. The minimum atomic E-state index is -0.772. The fourth-order valence-electron chi connectivity index (χ4n) is 1.97. The molecule has 1 atom stereocenters. The third-order valence-corrected chi connectivity index (χ3v) is 3.23. The quantitative estimate of drug-likeness (QED) is 0.904. The highest BCUT2D eigenvalue weighted by atomic mass is 35.5. The van der Waals surface area contributed by atoms with Crippen LogP contribution in [0.2, 0.25) is 5.02 Å². The zero-order valence-electron chi connectivity index (χ0n) is 11.0. The van der Waals surface area contributed by atoms with E-state index in [1.165, 1.54) is 12.1 Å². The number of nitriles is 1. The molecule has 1 N–H and O–H groups in total. The summed E-state index contributed by atoms with van der Waals surface area (Å²) in [6, 6.07) is 15.6. The number of rotatable bonds is 4. The molecule has 0 saturated heterocycles. The van der Waals surface area contributed by atoms with Gasteiger partial charge in [0, 0.05) is 17.1 Å². The number of nitrogens with zero attached hydrogens (tertiary/aromatic N) is 1. The van der Waals surface area contributed by atoms with Gasteiger partial charge in [0.25, 0.3) is 0 Å². The van der Waals surface area contributed by atoms with Crippen molar-refractivity contribution in [2.45, 2.75) is 18.9 Å². The number of hydrogen-bond acceptors (Lipinski definition) is 2. The Kier molecular flexibility index (Phi) is 4.26. The van der Waals surface area contributed by atoms with Crippen molar-refractivity contribution in [3.8, 4) is 6.07 Å². The zero-order valence-corrected chi connectivity index (χ0v) is 11.8. The molecule has 0 aromatic heterocycles. The van der Waals surface area contributed by atoms with Crippen LogP contribution in [0.4, 0.5) is 10.1 Å². The van der Waals surface area contributed by atoms with E-state index in [9.17, 15) is 9.65 Å². The first-order chi connectivity index (χ1) is 9.50. The minimum Gasteiger partial charge on any atom is -0.367 e. The Balaban J connectivity index is 2.14. The van der Waals surface area contributed by atoms with Crippen LogP contribution in [0.25, 0.3) is 0 Å². The van der Waals surface area contributed by atoms with E-state index < -0.39 is 5.54 Å². The van der Waals surface area contributed by atoms with Crippen LogP contribution in [-0.4, -0.2) is 5.54 Å². The smallest absolute Gasteiger partial charge is 0.126 e. The van der Waals surface area contributed by atoms with Crippen molar-refractivity contribution in [3.63, 3.8) is 0 Å². The molecule has 0 heterocycles. The van der Waals surface area contributed by atoms with Gasteiger partial charge in [0.15, 0.2) is 0 Å². The fraction of sp³-hybridized carbons (Fsp3) is 0.188. The monoisotopic (exact) mass is 288 g/mol. The minimum absolute atomic E-state index is 0.299. The fourth-order valence-corrected chi connectivity index (χ4v) is 2.10. The first kappa shape index (κ1) is 14.4. The van der Waals surface area contributed by atoms with Crippen LogP contribution < -0.4 is 5.32 Å². The number of halogens is 2. The van der Waals surface area contributed by atoms with Crippen molar-refractivity contribution >= 4 is 17.3 Å².